The zero-order valence-electron chi connectivity index (χ0n) is 12.6. The molecule has 2 heterocycles. The van der Waals surface area contributed by atoms with Crippen LogP contribution in [0.4, 0.5) is 0 Å². The molecule has 0 aromatic carbocycles. The summed E-state index contributed by atoms with van der Waals surface area (Å²) in [5, 5.41) is 7.83. The summed E-state index contributed by atoms with van der Waals surface area (Å²) in [5.74, 6) is 0. The van der Waals surface area contributed by atoms with E-state index in [1.54, 1.807) is 0 Å². The summed E-state index contributed by atoms with van der Waals surface area (Å²) in [6.07, 6.45) is 4.46. The molecule has 5 nitrogen and oxygen atoms in total. The van der Waals surface area contributed by atoms with E-state index >= 15 is 0 Å². The van der Waals surface area contributed by atoms with Gasteiger partial charge in [-0.05, 0) is 69.6 Å². The topological polar surface area (TPSA) is 56.1 Å². The Balaban J connectivity index is 0.000000246. The predicted octanol–water partition coefficient (Wildman–Crippen LogP) is 2.84. The van der Waals surface area contributed by atoms with Crippen LogP contribution in [-0.2, 0) is 9.53 Å². The minimum absolute atomic E-state index is 0.318. The van der Waals surface area contributed by atoms with Gasteiger partial charge in [0.25, 0.3) is 6.47 Å². The van der Waals surface area contributed by atoms with Crippen LogP contribution in [-0.4, -0.2) is 34.9 Å². The fraction of sp³-hybridized carbons (Fsp3) is 0.714. The van der Waals surface area contributed by atoms with Crippen molar-refractivity contribution in [1.29, 1.82) is 0 Å². The minimum Gasteiger partial charge on any atom is -0.462 e. The molecule has 1 saturated heterocycles. The lowest BCUT2D eigenvalue weighted by molar-refractivity contribution is -0.138. The number of carbonyl (C=O) groups excluding carboxylic acids is 1. The number of piperidine rings is 1. The molecule has 0 spiro atoms. The number of nitrogens with zero attached hydrogens (tertiary/aromatic N) is 2. The number of nitrogens with one attached hydrogen (secondary N) is 1. The minimum atomic E-state index is -0.318. The predicted molar refractivity (Wildman–Crippen MR) is 82.7 cm³/mol. The van der Waals surface area contributed by atoms with Crippen LogP contribution in [0.15, 0.2) is 10.7 Å². The summed E-state index contributed by atoms with van der Waals surface area (Å²) < 4.78 is 7.76. The van der Waals surface area contributed by atoms with Crippen molar-refractivity contribution in [3.05, 3.63) is 16.4 Å². The summed E-state index contributed by atoms with van der Waals surface area (Å²) in [4.78, 5) is 9.60. The molecule has 0 unspecified atom stereocenters. The van der Waals surface area contributed by atoms with E-state index in [9.17, 15) is 4.79 Å². The van der Waals surface area contributed by atoms with Gasteiger partial charge < -0.3 is 10.1 Å². The van der Waals surface area contributed by atoms with Gasteiger partial charge in [-0.15, -0.1) is 0 Å². The Bertz CT molecular complexity index is 401. The first-order chi connectivity index (χ1) is 9.33. The van der Waals surface area contributed by atoms with E-state index < -0.39 is 0 Å². The second kappa shape index (κ2) is 7.78. The first-order valence-electron chi connectivity index (χ1n) is 6.87. The van der Waals surface area contributed by atoms with Gasteiger partial charge in [0.05, 0.1) is 16.2 Å². The molecule has 114 valence electrons. The van der Waals surface area contributed by atoms with Crippen LogP contribution < -0.4 is 5.32 Å². The maximum atomic E-state index is 9.60. The largest absolute Gasteiger partial charge is 0.462 e. The van der Waals surface area contributed by atoms with Crippen molar-refractivity contribution in [3.8, 4) is 0 Å². The highest BCUT2D eigenvalue weighted by Gasteiger charge is 2.16. The Hall–Kier alpha value is -0.880. The highest BCUT2D eigenvalue weighted by atomic mass is 79.9. The van der Waals surface area contributed by atoms with E-state index in [-0.39, 0.29) is 5.60 Å². The number of rotatable bonds is 2. The molecular formula is C14H24BrN3O2. The monoisotopic (exact) mass is 345 g/mol. The number of ether oxygens (including phenoxy) is 1. The molecular weight excluding hydrogens is 322 g/mol. The summed E-state index contributed by atoms with van der Waals surface area (Å²) in [5.41, 5.74) is 0.764. The van der Waals surface area contributed by atoms with Gasteiger partial charge in [-0.1, -0.05) is 0 Å². The molecule has 6 heteroatoms. The van der Waals surface area contributed by atoms with E-state index in [0.717, 1.165) is 23.3 Å². The van der Waals surface area contributed by atoms with Crippen LogP contribution in [0.25, 0.3) is 0 Å². The standard InChI is InChI=1S/C9H14BrN3.C5H10O2/c1-7-9(10)6-13(12-7)8-2-4-11-5-3-8;1-5(2,3)7-4-6/h6,8,11H,2-5H2,1H3;4H,1-3H3. The lowest BCUT2D eigenvalue weighted by Gasteiger charge is -2.22. The second-order valence-electron chi connectivity index (χ2n) is 5.85. The smallest absolute Gasteiger partial charge is 0.293 e. The Morgan fingerprint density at radius 1 is 1.45 bits per heavy atom. The Kier molecular flexibility index (Phi) is 6.68. The van der Waals surface area contributed by atoms with Gasteiger partial charge in [-0.2, -0.15) is 5.10 Å². The molecule has 1 aliphatic rings. The van der Waals surface area contributed by atoms with E-state index in [1.165, 1.54) is 12.8 Å². The number of hydrogen-bond acceptors (Lipinski definition) is 4. The molecule has 2 rings (SSSR count). The summed E-state index contributed by atoms with van der Waals surface area (Å²) in [6.45, 7) is 10.2. The number of aryl methyl sites for hydroxylation is 1. The quantitative estimate of drug-likeness (QED) is 0.837. The van der Waals surface area contributed by atoms with Gasteiger partial charge in [0, 0.05) is 6.20 Å². The average molecular weight is 346 g/mol. The maximum absolute atomic E-state index is 9.60. The molecule has 0 bridgehead atoms. The fourth-order valence-corrected chi connectivity index (χ4v) is 2.15. The van der Waals surface area contributed by atoms with Crippen LogP contribution in [0, 0.1) is 6.92 Å². The Morgan fingerprint density at radius 3 is 2.40 bits per heavy atom. The van der Waals surface area contributed by atoms with E-state index in [1.807, 2.05) is 27.7 Å². The third-order valence-electron chi connectivity index (χ3n) is 2.94. The molecule has 0 aliphatic carbocycles. The van der Waals surface area contributed by atoms with Crippen molar-refractivity contribution in [2.75, 3.05) is 13.1 Å². The van der Waals surface area contributed by atoms with Crippen molar-refractivity contribution < 1.29 is 9.53 Å². The van der Waals surface area contributed by atoms with Crippen LogP contribution in [0.2, 0.25) is 0 Å². The molecule has 0 saturated carbocycles. The number of hydrogen-bond donors (Lipinski definition) is 1. The second-order valence-corrected chi connectivity index (χ2v) is 6.70. The van der Waals surface area contributed by atoms with Crippen LogP contribution in [0.1, 0.15) is 45.3 Å². The average Bonchev–Trinajstić information content (AvgIpc) is 2.70. The van der Waals surface area contributed by atoms with Crippen LogP contribution in [0.3, 0.4) is 0 Å². The Labute approximate surface area is 129 Å². The van der Waals surface area contributed by atoms with Gasteiger partial charge in [-0.3, -0.25) is 9.48 Å². The first kappa shape index (κ1) is 17.2. The Morgan fingerprint density at radius 2 is 2.05 bits per heavy atom. The van der Waals surface area contributed by atoms with Crippen molar-refractivity contribution in [2.45, 2.75) is 52.2 Å². The van der Waals surface area contributed by atoms with Gasteiger partial charge in [-0.25, -0.2) is 0 Å². The van der Waals surface area contributed by atoms with Gasteiger partial charge >= 0.3 is 0 Å². The molecule has 1 N–H and O–H groups in total. The number of carbonyl (C=O) groups is 1. The molecule has 1 aliphatic heterocycles. The van der Waals surface area contributed by atoms with Crippen LogP contribution in [0.5, 0.6) is 0 Å². The zero-order chi connectivity index (χ0) is 15.2. The zero-order valence-corrected chi connectivity index (χ0v) is 14.2. The highest BCUT2D eigenvalue weighted by Crippen LogP contribution is 2.21. The highest BCUT2D eigenvalue weighted by molar-refractivity contribution is 9.10. The van der Waals surface area contributed by atoms with Crippen molar-refractivity contribution in [3.63, 3.8) is 0 Å². The van der Waals surface area contributed by atoms with Gasteiger partial charge in [0.1, 0.15) is 5.60 Å². The first-order valence-corrected chi connectivity index (χ1v) is 7.66. The molecule has 0 radical (unpaired) electrons. The normalized spacial score (nSPS) is 16.2. The SMILES string of the molecule is CC(C)(C)OC=O.Cc1nn(C2CCNCC2)cc1Br. The summed E-state index contributed by atoms with van der Waals surface area (Å²) in [6, 6.07) is 0.589. The summed E-state index contributed by atoms with van der Waals surface area (Å²) >= 11 is 3.48. The lowest BCUT2D eigenvalue weighted by atomic mass is 10.1. The summed E-state index contributed by atoms with van der Waals surface area (Å²) in [7, 11) is 0. The lowest BCUT2D eigenvalue weighted by Crippen LogP contribution is -2.29. The molecule has 1 aromatic rings. The van der Waals surface area contributed by atoms with E-state index in [2.05, 4.69) is 42.0 Å². The molecule has 0 atom stereocenters. The molecule has 20 heavy (non-hydrogen) atoms. The van der Waals surface area contributed by atoms with Crippen molar-refractivity contribution in [2.24, 2.45) is 0 Å². The molecule has 0 amide bonds. The van der Waals surface area contributed by atoms with E-state index in [0.29, 0.717) is 12.5 Å². The molecule has 1 fully saturated rings. The van der Waals surface area contributed by atoms with Gasteiger partial charge in [0.15, 0.2) is 0 Å². The van der Waals surface area contributed by atoms with Crippen molar-refractivity contribution >= 4 is 22.4 Å². The van der Waals surface area contributed by atoms with Crippen LogP contribution >= 0.6 is 15.9 Å². The molecule has 1 aromatic heterocycles. The van der Waals surface area contributed by atoms with E-state index in [4.69, 9.17) is 0 Å². The van der Waals surface area contributed by atoms with Gasteiger partial charge in [0.2, 0.25) is 0 Å². The fourth-order valence-electron chi connectivity index (χ4n) is 1.86. The third kappa shape index (κ3) is 6.05. The third-order valence-corrected chi connectivity index (χ3v) is 3.72. The maximum Gasteiger partial charge on any atom is 0.293 e. The number of aromatic nitrogens is 2. The number of halogens is 1. The van der Waals surface area contributed by atoms with Crippen molar-refractivity contribution in [1.82, 2.24) is 15.1 Å².